The number of urea groups is 1. The predicted molar refractivity (Wildman–Crippen MR) is 95.0 cm³/mol. The minimum absolute atomic E-state index is 0.0406. The first kappa shape index (κ1) is 17.1. The third-order valence-electron chi connectivity index (χ3n) is 4.43. The van der Waals surface area contributed by atoms with E-state index in [1.165, 1.54) is 0 Å². The molecule has 0 unspecified atom stereocenters. The van der Waals surface area contributed by atoms with Crippen molar-refractivity contribution in [3.63, 3.8) is 0 Å². The van der Waals surface area contributed by atoms with E-state index in [4.69, 9.17) is 4.42 Å². The van der Waals surface area contributed by atoms with E-state index in [-0.39, 0.29) is 23.9 Å². The topological polar surface area (TPSA) is 74.6 Å². The lowest BCUT2D eigenvalue weighted by atomic mass is 9.97. The van der Waals surface area contributed by atoms with Gasteiger partial charge in [-0.3, -0.25) is 4.79 Å². The fraction of sp³-hybridized carbons (Fsp3) is 0.368. The van der Waals surface area contributed by atoms with Crippen molar-refractivity contribution in [3.05, 3.63) is 54.5 Å². The van der Waals surface area contributed by atoms with Gasteiger partial charge in [0.05, 0.1) is 18.2 Å². The van der Waals surface area contributed by atoms with Crippen LogP contribution in [0.4, 0.5) is 10.5 Å². The molecule has 0 spiro atoms. The summed E-state index contributed by atoms with van der Waals surface area (Å²) in [6, 6.07) is 12.6. The molecule has 132 valence electrons. The lowest BCUT2D eigenvalue weighted by Gasteiger charge is -2.32. The minimum Gasteiger partial charge on any atom is -0.467 e. The van der Waals surface area contributed by atoms with Gasteiger partial charge < -0.3 is 20.0 Å². The number of piperidine rings is 1. The van der Waals surface area contributed by atoms with Gasteiger partial charge in [0.1, 0.15) is 5.76 Å². The van der Waals surface area contributed by atoms with Crippen molar-refractivity contribution in [2.24, 2.45) is 5.92 Å². The van der Waals surface area contributed by atoms with Gasteiger partial charge in [-0.1, -0.05) is 18.2 Å². The van der Waals surface area contributed by atoms with Gasteiger partial charge in [0.15, 0.2) is 0 Å². The number of carbonyl (C=O) groups excluding carboxylic acids is 2. The van der Waals surface area contributed by atoms with Crippen LogP contribution in [0.15, 0.2) is 53.1 Å². The van der Waals surface area contributed by atoms with Crippen LogP contribution in [0.3, 0.4) is 0 Å². The quantitative estimate of drug-likeness (QED) is 0.895. The molecule has 1 saturated heterocycles. The Bertz CT molecular complexity index is 700. The summed E-state index contributed by atoms with van der Waals surface area (Å²) in [5.41, 5.74) is 0.755. The first-order valence-corrected chi connectivity index (χ1v) is 8.58. The van der Waals surface area contributed by atoms with Crippen LogP contribution in [-0.2, 0) is 4.79 Å². The Kier molecular flexibility index (Phi) is 5.38. The van der Waals surface area contributed by atoms with E-state index >= 15 is 0 Å². The van der Waals surface area contributed by atoms with E-state index in [1.54, 1.807) is 17.2 Å². The zero-order valence-electron chi connectivity index (χ0n) is 14.3. The molecule has 2 N–H and O–H groups in total. The maximum atomic E-state index is 12.5. The van der Waals surface area contributed by atoms with Crippen molar-refractivity contribution in [1.29, 1.82) is 0 Å². The number of carbonyl (C=O) groups is 2. The van der Waals surface area contributed by atoms with Gasteiger partial charge in [0.25, 0.3) is 0 Å². The number of benzene rings is 1. The normalized spacial score (nSPS) is 18.4. The van der Waals surface area contributed by atoms with Crippen LogP contribution in [0, 0.1) is 5.92 Å². The summed E-state index contributed by atoms with van der Waals surface area (Å²) in [7, 11) is 0. The van der Waals surface area contributed by atoms with Crippen LogP contribution < -0.4 is 10.6 Å². The summed E-state index contributed by atoms with van der Waals surface area (Å²) < 4.78 is 5.32. The number of nitrogens with one attached hydrogen (secondary N) is 2. The fourth-order valence-corrected chi connectivity index (χ4v) is 3.04. The van der Waals surface area contributed by atoms with Gasteiger partial charge in [-0.2, -0.15) is 0 Å². The Morgan fingerprint density at radius 2 is 2.00 bits per heavy atom. The Labute approximate surface area is 147 Å². The summed E-state index contributed by atoms with van der Waals surface area (Å²) in [5.74, 6) is 0.483. The van der Waals surface area contributed by atoms with E-state index in [0.717, 1.165) is 24.3 Å². The molecule has 1 aromatic carbocycles. The molecule has 1 aliphatic rings. The van der Waals surface area contributed by atoms with Gasteiger partial charge >= 0.3 is 6.03 Å². The van der Waals surface area contributed by atoms with Gasteiger partial charge in [0.2, 0.25) is 5.91 Å². The zero-order chi connectivity index (χ0) is 17.6. The predicted octanol–water partition coefficient (Wildman–Crippen LogP) is 3.40. The van der Waals surface area contributed by atoms with Gasteiger partial charge in [0, 0.05) is 18.8 Å². The Morgan fingerprint density at radius 3 is 2.72 bits per heavy atom. The molecule has 2 atom stereocenters. The van der Waals surface area contributed by atoms with Crippen molar-refractivity contribution in [2.75, 3.05) is 18.4 Å². The number of amides is 3. The highest BCUT2D eigenvalue weighted by Crippen LogP contribution is 2.20. The monoisotopic (exact) mass is 341 g/mol. The summed E-state index contributed by atoms with van der Waals surface area (Å²) in [6.45, 7) is 2.98. The lowest BCUT2D eigenvalue weighted by molar-refractivity contribution is -0.127. The number of hydrogen-bond acceptors (Lipinski definition) is 3. The Morgan fingerprint density at radius 1 is 1.20 bits per heavy atom. The van der Waals surface area contributed by atoms with Crippen molar-refractivity contribution in [3.8, 4) is 0 Å². The molecule has 1 fully saturated rings. The SMILES string of the molecule is C[C@H](NC(=O)[C@H]1CCCN(C(=O)Nc2ccccc2)C1)c1ccco1. The molecule has 2 heterocycles. The number of rotatable bonds is 4. The van der Waals surface area contributed by atoms with E-state index in [2.05, 4.69) is 10.6 Å². The molecule has 2 aromatic rings. The van der Waals surface area contributed by atoms with E-state index in [1.807, 2.05) is 43.3 Å². The Balaban J connectivity index is 1.55. The van der Waals surface area contributed by atoms with Crippen LogP contribution in [0.5, 0.6) is 0 Å². The second-order valence-corrected chi connectivity index (χ2v) is 6.33. The molecule has 0 bridgehead atoms. The number of furan rings is 1. The molecule has 1 aromatic heterocycles. The second-order valence-electron chi connectivity index (χ2n) is 6.33. The number of likely N-dealkylation sites (tertiary alicyclic amines) is 1. The molecular formula is C19H23N3O3. The molecule has 3 rings (SSSR count). The van der Waals surface area contributed by atoms with Crippen LogP contribution in [0.1, 0.15) is 31.6 Å². The molecule has 6 heteroatoms. The molecule has 3 amide bonds. The van der Waals surface area contributed by atoms with Crippen LogP contribution >= 0.6 is 0 Å². The van der Waals surface area contributed by atoms with E-state index in [0.29, 0.717) is 13.1 Å². The highest BCUT2D eigenvalue weighted by molar-refractivity contribution is 5.90. The summed E-state index contributed by atoms with van der Waals surface area (Å²) in [4.78, 5) is 26.6. The smallest absolute Gasteiger partial charge is 0.321 e. The van der Waals surface area contributed by atoms with E-state index in [9.17, 15) is 9.59 Å². The molecule has 1 aliphatic heterocycles. The molecular weight excluding hydrogens is 318 g/mol. The minimum atomic E-state index is -0.201. The molecule has 0 aliphatic carbocycles. The maximum Gasteiger partial charge on any atom is 0.321 e. The van der Waals surface area contributed by atoms with Crippen molar-refractivity contribution in [1.82, 2.24) is 10.2 Å². The molecule has 0 radical (unpaired) electrons. The molecule has 25 heavy (non-hydrogen) atoms. The van der Waals surface area contributed by atoms with Crippen molar-refractivity contribution in [2.45, 2.75) is 25.8 Å². The number of anilines is 1. The number of nitrogens with zero attached hydrogens (tertiary/aromatic N) is 1. The van der Waals surface area contributed by atoms with Gasteiger partial charge in [-0.15, -0.1) is 0 Å². The van der Waals surface area contributed by atoms with E-state index < -0.39 is 0 Å². The molecule has 6 nitrogen and oxygen atoms in total. The van der Waals surface area contributed by atoms with Crippen LogP contribution in [0.25, 0.3) is 0 Å². The van der Waals surface area contributed by atoms with Gasteiger partial charge in [-0.05, 0) is 44.0 Å². The Hall–Kier alpha value is -2.76. The summed E-state index contributed by atoms with van der Waals surface area (Å²) in [6.07, 6.45) is 3.19. The first-order valence-electron chi connectivity index (χ1n) is 8.58. The summed E-state index contributed by atoms with van der Waals surface area (Å²) in [5, 5.41) is 5.84. The summed E-state index contributed by atoms with van der Waals surface area (Å²) >= 11 is 0. The average Bonchev–Trinajstić information content (AvgIpc) is 3.17. The third-order valence-corrected chi connectivity index (χ3v) is 4.43. The molecule has 0 saturated carbocycles. The van der Waals surface area contributed by atoms with Crippen LogP contribution in [-0.4, -0.2) is 29.9 Å². The third kappa shape index (κ3) is 4.41. The largest absolute Gasteiger partial charge is 0.467 e. The highest BCUT2D eigenvalue weighted by atomic mass is 16.3. The van der Waals surface area contributed by atoms with Crippen molar-refractivity contribution >= 4 is 17.6 Å². The van der Waals surface area contributed by atoms with Crippen LogP contribution in [0.2, 0.25) is 0 Å². The second kappa shape index (κ2) is 7.88. The number of hydrogen-bond donors (Lipinski definition) is 2. The maximum absolute atomic E-state index is 12.5. The lowest BCUT2D eigenvalue weighted by Crippen LogP contribution is -2.47. The first-order chi connectivity index (χ1) is 12.1. The van der Waals surface area contributed by atoms with Gasteiger partial charge in [-0.25, -0.2) is 4.79 Å². The average molecular weight is 341 g/mol. The highest BCUT2D eigenvalue weighted by Gasteiger charge is 2.29. The number of para-hydroxylation sites is 1. The fourth-order valence-electron chi connectivity index (χ4n) is 3.04. The standard InChI is InChI=1S/C19H23N3O3/c1-14(17-10-6-12-25-17)20-18(23)15-7-5-11-22(13-15)19(24)21-16-8-3-2-4-9-16/h2-4,6,8-10,12,14-15H,5,7,11,13H2,1H3,(H,20,23)(H,21,24)/t14-,15-/m0/s1. The van der Waals surface area contributed by atoms with Crippen molar-refractivity contribution < 1.29 is 14.0 Å². The zero-order valence-corrected chi connectivity index (χ0v) is 14.3.